The van der Waals surface area contributed by atoms with Gasteiger partial charge in [0.2, 0.25) is 0 Å². The fourth-order valence-electron chi connectivity index (χ4n) is 1.78. The predicted octanol–water partition coefficient (Wildman–Crippen LogP) is 0.0947. The highest BCUT2D eigenvalue weighted by molar-refractivity contribution is 4.73. The van der Waals surface area contributed by atoms with Crippen molar-refractivity contribution in [2.24, 2.45) is 5.92 Å². The normalized spacial score (nSPS) is 25.0. The van der Waals surface area contributed by atoms with Gasteiger partial charge in [-0.15, -0.1) is 0 Å². The van der Waals surface area contributed by atoms with Crippen LogP contribution in [0.15, 0.2) is 0 Å². The third-order valence-corrected chi connectivity index (χ3v) is 2.52. The fraction of sp³-hybridized carbons (Fsp3) is 1.00. The Bertz CT molecular complexity index is 116. The summed E-state index contributed by atoms with van der Waals surface area (Å²) < 4.78 is 0. The number of hydrogen-bond donors (Lipinski definition) is 2. The van der Waals surface area contributed by atoms with E-state index in [1.165, 1.54) is 25.9 Å². The number of rotatable bonds is 5. The minimum atomic E-state index is 0.930. The van der Waals surface area contributed by atoms with E-state index >= 15 is 0 Å². The lowest BCUT2D eigenvalue weighted by Gasteiger charge is -2.10. The van der Waals surface area contributed by atoms with Crippen LogP contribution >= 0.6 is 0 Å². The molecule has 0 saturated carbocycles. The van der Waals surface area contributed by atoms with Crippen molar-refractivity contribution in [3.8, 4) is 0 Å². The molecule has 72 valence electrons. The number of hydrogen-bond acceptors (Lipinski definition) is 3. The van der Waals surface area contributed by atoms with Crippen LogP contribution in [-0.2, 0) is 0 Å². The summed E-state index contributed by atoms with van der Waals surface area (Å²) in [5.41, 5.74) is 0. The highest BCUT2D eigenvalue weighted by atomic mass is 15.1. The second kappa shape index (κ2) is 5.51. The summed E-state index contributed by atoms with van der Waals surface area (Å²) >= 11 is 0. The van der Waals surface area contributed by atoms with Crippen LogP contribution in [0.2, 0.25) is 0 Å². The maximum atomic E-state index is 3.35. The topological polar surface area (TPSA) is 27.3 Å². The molecule has 1 unspecified atom stereocenters. The van der Waals surface area contributed by atoms with Crippen molar-refractivity contribution in [2.45, 2.75) is 12.8 Å². The molecular weight excluding hydrogens is 150 g/mol. The molecule has 12 heavy (non-hydrogen) atoms. The van der Waals surface area contributed by atoms with Gasteiger partial charge in [0.15, 0.2) is 0 Å². The summed E-state index contributed by atoms with van der Waals surface area (Å²) in [6.07, 6.45) is 2.71. The van der Waals surface area contributed by atoms with Gasteiger partial charge in [-0.2, -0.15) is 0 Å². The smallest absolute Gasteiger partial charge is 0.0451 e. The van der Waals surface area contributed by atoms with Crippen LogP contribution in [0.25, 0.3) is 0 Å². The van der Waals surface area contributed by atoms with Crippen LogP contribution in [0, 0.1) is 5.92 Å². The van der Waals surface area contributed by atoms with Crippen molar-refractivity contribution in [3.63, 3.8) is 0 Å². The Kier molecular flexibility index (Phi) is 4.58. The van der Waals surface area contributed by atoms with Crippen molar-refractivity contribution >= 4 is 0 Å². The SMILES string of the molecule is CNCNCCC1CCN(C)C1. The number of nitrogens with one attached hydrogen (secondary N) is 2. The van der Waals surface area contributed by atoms with Gasteiger partial charge in [-0.05, 0) is 45.9 Å². The molecule has 1 rings (SSSR count). The average Bonchev–Trinajstić information content (AvgIpc) is 2.45. The largest absolute Gasteiger partial charge is 0.308 e. The highest BCUT2D eigenvalue weighted by Gasteiger charge is 2.18. The molecule has 1 aliphatic heterocycles. The van der Waals surface area contributed by atoms with E-state index < -0.39 is 0 Å². The molecule has 0 radical (unpaired) electrons. The molecule has 0 bridgehead atoms. The zero-order chi connectivity index (χ0) is 8.81. The molecule has 0 amide bonds. The average molecular weight is 171 g/mol. The molecule has 3 heteroatoms. The predicted molar refractivity (Wildman–Crippen MR) is 52.2 cm³/mol. The van der Waals surface area contributed by atoms with E-state index in [-0.39, 0.29) is 0 Å². The van der Waals surface area contributed by atoms with Crippen LogP contribution in [0.3, 0.4) is 0 Å². The van der Waals surface area contributed by atoms with Crippen LogP contribution in [0.1, 0.15) is 12.8 Å². The van der Waals surface area contributed by atoms with Crippen LogP contribution in [0.5, 0.6) is 0 Å². The molecule has 1 fully saturated rings. The highest BCUT2D eigenvalue weighted by Crippen LogP contribution is 2.16. The third kappa shape index (κ3) is 3.52. The molecule has 0 aromatic rings. The first-order valence-corrected chi connectivity index (χ1v) is 4.87. The van der Waals surface area contributed by atoms with E-state index in [0.29, 0.717) is 0 Å². The Balaban J connectivity index is 1.93. The Labute approximate surface area is 75.5 Å². The van der Waals surface area contributed by atoms with Gasteiger partial charge < -0.3 is 15.5 Å². The molecule has 1 aliphatic rings. The lowest BCUT2D eigenvalue weighted by atomic mass is 10.1. The third-order valence-electron chi connectivity index (χ3n) is 2.52. The first kappa shape index (κ1) is 9.96. The summed E-state index contributed by atoms with van der Waals surface area (Å²) in [5, 5.41) is 6.43. The van der Waals surface area contributed by atoms with Gasteiger partial charge in [0, 0.05) is 13.2 Å². The molecule has 3 nitrogen and oxygen atoms in total. The second-order valence-electron chi connectivity index (χ2n) is 3.74. The van der Waals surface area contributed by atoms with Crippen molar-refractivity contribution in [1.29, 1.82) is 0 Å². The zero-order valence-corrected chi connectivity index (χ0v) is 8.27. The lowest BCUT2D eigenvalue weighted by Crippen LogP contribution is -2.28. The van der Waals surface area contributed by atoms with Gasteiger partial charge in [-0.3, -0.25) is 0 Å². The molecule has 1 atom stereocenters. The van der Waals surface area contributed by atoms with E-state index in [1.54, 1.807) is 0 Å². The van der Waals surface area contributed by atoms with Crippen molar-refractivity contribution in [1.82, 2.24) is 15.5 Å². The van der Waals surface area contributed by atoms with E-state index in [1.807, 2.05) is 7.05 Å². The van der Waals surface area contributed by atoms with Gasteiger partial charge in [0.1, 0.15) is 0 Å². The minimum absolute atomic E-state index is 0.930. The molecule has 0 aliphatic carbocycles. The Morgan fingerprint density at radius 1 is 1.50 bits per heavy atom. The first-order chi connectivity index (χ1) is 5.83. The summed E-state index contributed by atoms with van der Waals surface area (Å²) in [4.78, 5) is 2.42. The standard InChI is InChI=1S/C9H21N3/c1-10-8-11-5-3-9-4-6-12(2)7-9/h9-11H,3-8H2,1-2H3. The molecular formula is C9H21N3. The second-order valence-corrected chi connectivity index (χ2v) is 3.74. The lowest BCUT2D eigenvalue weighted by molar-refractivity contribution is 0.384. The van der Waals surface area contributed by atoms with Gasteiger partial charge >= 0.3 is 0 Å². The summed E-state index contributed by atoms with van der Waals surface area (Å²) in [6.45, 7) is 4.67. The van der Waals surface area contributed by atoms with Crippen molar-refractivity contribution in [3.05, 3.63) is 0 Å². The summed E-state index contributed by atoms with van der Waals surface area (Å²) in [6, 6.07) is 0. The molecule has 0 aromatic heterocycles. The van der Waals surface area contributed by atoms with Crippen molar-refractivity contribution in [2.75, 3.05) is 40.4 Å². The van der Waals surface area contributed by atoms with Gasteiger partial charge in [0.05, 0.1) is 0 Å². The number of likely N-dealkylation sites (tertiary alicyclic amines) is 1. The van der Waals surface area contributed by atoms with E-state index in [2.05, 4.69) is 22.6 Å². The van der Waals surface area contributed by atoms with Crippen LogP contribution < -0.4 is 10.6 Å². The minimum Gasteiger partial charge on any atom is -0.308 e. The molecule has 0 spiro atoms. The molecule has 1 saturated heterocycles. The fourth-order valence-corrected chi connectivity index (χ4v) is 1.78. The van der Waals surface area contributed by atoms with Crippen LogP contribution in [-0.4, -0.2) is 45.3 Å². The van der Waals surface area contributed by atoms with Crippen LogP contribution in [0.4, 0.5) is 0 Å². The van der Waals surface area contributed by atoms with Crippen molar-refractivity contribution < 1.29 is 0 Å². The van der Waals surface area contributed by atoms with Gasteiger partial charge in [-0.1, -0.05) is 0 Å². The Hall–Kier alpha value is -0.120. The maximum Gasteiger partial charge on any atom is 0.0451 e. The Morgan fingerprint density at radius 2 is 2.33 bits per heavy atom. The van der Waals surface area contributed by atoms with Gasteiger partial charge in [-0.25, -0.2) is 0 Å². The van der Waals surface area contributed by atoms with E-state index in [4.69, 9.17) is 0 Å². The quantitative estimate of drug-likeness (QED) is 0.453. The van der Waals surface area contributed by atoms with E-state index in [0.717, 1.165) is 19.1 Å². The van der Waals surface area contributed by atoms with Gasteiger partial charge in [0.25, 0.3) is 0 Å². The van der Waals surface area contributed by atoms with E-state index in [9.17, 15) is 0 Å². The summed E-state index contributed by atoms with van der Waals surface area (Å²) in [7, 11) is 4.18. The maximum absolute atomic E-state index is 3.35. The molecule has 0 aromatic carbocycles. The Morgan fingerprint density at radius 3 is 2.92 bits per heavy atom. The monoisotopic (exact) mass is 171 g/mol. The first-order valence-electron chi connectivity index (χ1n) is 4.87. The molecule has 2 N–H and O–H groups in total. The zero-order valence-electron chi connectivity index (χ0n) is 8.27. The molecule has 1 heterocycles. The summed E-state index contributed by atoms with van der Waals surface area (Å²) in [5.74, 6) is 0.930. The number of nitrogens with zero attached hydrogens (tertiary/aromatic N) is 1.